The summed E-state index contributed by atoms with van der Waals surface area (Å²) < 4.78 is 7.87. The number of nitrogens with zero attached hydrogens (tertiary/aromatic N) is 4. The maximum atomic E-state index is 13.1. The molecule has 1 fully saturated rings. The summed E-state index contributed by atoms with van der Waals surface area (Å²) in [5.41, 5.74) is 2.86. The number of likely N-dealkylation sites (tertiary alicyclic amines) is 1. The summed E-state index contributed by atoms with van der Waals surface area (Å²) >= 11 is 0. The first-order chi connectivity index (χ1) is 14.6. The lowest BCUT2D eigenvalue weighted by molar-refractivity contribution is -0.120. The fourth-order valence-corrected chi connectivity index (χ4v) is 3.82. The fraction of sp³-hybridized carbons (Fsp3) is 0.348. The quantitative estimate of drug-likeness (QED) is 0.643. The minimum Gasteiger partial charge on any atom is -0.454 e. The largest absolute Gasteiger partial charge is 0.454 e. The molecule has 0 aliphatic carbocycles. The number of carbonyl (C=O) groups excluding carboxylic acids is 1. The van der Waals surface area contributed by atoms with Crippen molar-refractivity contribution in [3.63, 3.8) is 0 Å². The zero-order valence-corrected chi connectivity index (χ0v) is 17.4. The van der Waals surface area contributed by atoms with Crippen LogP contribution in [-0.4, -0.2) is 38.2 Å². The predicted octanol–water partition coefficient (Wildman–Crippen LogP) is 4.00. The van der Waals surface area contributed by atoms with E-state index in [1.54, 1.807) is 12.4 Å². The van der Waals surface area contributed by atoms with Crippen LogP contribution in [0.25, 0.3) is 0 Å². The van der Waals surface area contributed by atoms with Crippen LogP contribution in [0.15, 0.2) is 55.0 Å². The highest BCUT2D eigenvalue weighted by molar-refractivity contribution is 5.96. The molecule has 1 aliphatic rings. The van der Waals surface area contributed by atoms with Gasteiger partial charge >= 0.3 is 0 Å². The number of aryl methyl sites for hydroxylation is 2. The molecule has 1 aliphatic heterocycles. The van der Waals surface area contributed by atoms with E-state index in [0.29, 0.717) is 17.2 Å². The Morgan fingerprint density at radius 2 is 2.13 bits per heavy atom. The van der Waals surface area contributed by atoms with E-state index in [4.69, 9.17) is 4.74 Å². The molecule has 4 rings (SSSR count). The van der Waals surface area contributed by atoms with Crippen molar-refractivity contribution in [2.45, 2.75) is 45.8 Å². The van der Waals surface area contributed by atoms with Gasteiger partial charge in [-0.3, -0.25) is 19.4 Å². The predicted molar refractivity (Wildman–Crippen MR) is 115 cm³/mol. The highest BCUT2D eigenvalue weighted by Crippen LogP contribution is 2.30. The number of hydrogen-bond donors (Lipinski definition) is 1. The summed E-state index contributed by atoms with van der Waals surface area (Å²) in [6.45, 7) is 6.59. The minimum absolute atomic E-state index is 0.00438. The molecule has 30 heavy (non-hydrogen) atoms. The van der Waals surface area contributed by atoms with Crippen LogP contribution in [0, 0.1) is 6.92 Å². The van der Waals surface area contributed by atoms with Crippen molar-refractivity contribution in [2.24, 2.45) is 0 Å². The molecule has 3 heterocycles. The van der Waals surface area contributed by atoms with E-state index < -0.39 is 0 Å². The Labute approximate surface area is 176 Å². The number of para-hydroxylation sites is 2. The van der Waals surface area contributed by atoms with Gasteiger partial charge in [-0.15, -0.1) is 0 Å². The van der Waals surface area contributed by atoms with Gasteiger partial charge < -0.3 is 10.1 Å². The molecule has 1 atom stereocenters. The van der Waals surface area contributed by atoms with Gasteiger partial charge in [-0.25, -0.2) is 0 Å². The topological polar surface area (TPSA) is 72.3 Å². The van der Waals surface area contributed by atoms with Crippen molar-refractivity contribution in [1.82, 2.24) is 19.7 Å². The van der Waals surface area contributed by atoms with Crippen LogP contribution in [0.5, 0.6) is 11.5 Å². The summed E-state index contributed by atoms with van der Waals surface area (Å²) in [7, 11) is 0. The molecule has 2 aromatic heterocycles. The van der Waals surface area contributed by atoms with Crippen LogP contribution in [0.3, 0.4) is 0 Å². The molecule has 1 amide bonds. The SMILES string of the molecule is CCn1cc(CN2CCCC2C(=O)Nc2ccccc2Oc2cccnc2)c(C)n1. The Hall–Kier alpha value is -3.19. The third-order valence-electron chi connectivity index (χ3n) is 5.42. The van der Waals surface area contributed by atoms with Crippen molar-refractivity contribution in [3.8, 4) is 11.5 Å². The molecule has 1 unspecified atom stereocenters. The number of hydrogen-bond acceptors (Lipinski definition) is 5. The van der Waals surface area contributed by atoms with Crippen LogP contribution in [0.2, 0.25) is 0 Å². The number of pyridine rings is 1. The van der Waals surface area contributed by atoms with Crippen molar-refractivity contribution < 1.29 is 9.53 Å². The van der Waals surface area contributed by atoms with E-state index in [-0.39, 0.29) is 11.9 Å². The Morgan fingerprint density at radius 1 is 1.27 bits per heavy atom. The zero-order valence-electron chi connectivity index (χ0n) is 17.4. The second-order valence-corrected chi connectivity index (χ2v) is 7.50. The lowest BCUT2D eigenvalue weighted by Crippen LogP contribution is -2.39. The highest BCUT2D eigenvalue weighted by atomic mass is 16.5. The number of nitrogens with one attached hydrogen (secondary N) is 1. The lowest BCUT2D eigenvalue weighted by Gasteiger charge is -2.24. The van der Waals surface area contributed by atoms with Gasteiger partial charge in [-0.05, 0) is 57.5 Å². The number of rotatable bonds is 7. The van der Waals surface area contributed by atoms with Crippen LogP contribution < -0.4 is 10.1 Å². The van der Waals surface area contributed by atoms with Crippen LogP contribution in [0.1, 0.15) is 31.0 Å². The fourth-order valence-electron chi connectivity index (χ4n) is 3.82. The van der Waals surface area contributed by atoms with Crippen LogP contribution in [0.4, 0.5) is 5.69 Å². The molecular formula is C23H27N5O2. The molecule has 156 valence electrons. The Balaban J connectivity index is 1.46. The van der Waals surface area contributed by atoms with Crippen molar-refractivity contribution in [3.05, 3.63) is 66.2 Å². The van der Waals surface area contributed by atoms with Gasteiger partial charge in [0.2, 0.25) is 5.91 Å². The Morgan fingerprint density at radius 3 is 2.90 bits per heavy atom. The van der Waals surface area contributed by atoms with Gasteiger partial charge in [0, 0.05) is 31.0 Å². The number of carbonyl (C=O) groups is 1. The Bertz CT molecular complexity index is 1000. The number of anilines is 1. The van der Waals surface area contributed by atoms with Crippen LogP contribution in [-0.2, 0) is 17.9 Å². The highest BCUT2D eigenvalue weighted by Gasteiger charge is 2.31. The molecule has 7 heteroatoms. The first kappa shape index (κ1) is 20.1. The van der Waals surface area contributed by atoms with E-state index in [0.717, 1.165) is 38.2 Å². The lowest BCUT2D eigenvalue weighted by atomic mass is 10.1. The maximum Gasteiger partial charge on any atom is 0.241 e. The number of benzene rings is 1. The van der Waals surface area contributed by atoms with E-state index in [1.165, 1.54) is 5.56 Å². The summed E-state index contributed by atoms with van der Waals surface area (Å²) in [5.74, 6) is 1.23. The number of amides is 1. The first-order valence-corrected chi connectivity index (χ1v) is 10.4. The van der Waals surface area contributed by atoms with Crippen molar-refractivity contribution in [2.75, 3.05) is 11.9 Å². The average molecular weight is 406 g/mol. The monoisotopic (exact) mass is 405 g/mol. The van der Waals surface area contributed by atoms with Crippen molar-refractivity contribution >= 4 is 11.6 Å². The maximum absolute atomic E-state index is 13.1. The molecule has 0 spiro atoms. The number of ether oxygens (including phenoxy) is 1. The van der Waals surface area contributed by atoms with Gasteiger partial charge in [-0.1, -0.05) is 12.1 Å². The molecule has 1 aromatic carbocycles. The third-order valence-corrected chi connectivity index (χ3v) is 5.42. The molecule has 3 aromatic rings. The molecule has 0 bridgehead atoms. The van der Waals surface area contributed by atoms with Gasteiger partial charge in [0.25, 0.3) is 0 Å². The second kappa shape index (κ2) is 9.09. The molecule has 1 saturated heterocycles. The molecule has 7 nitrogen and oxygen atoms in total. The first-order valence-electron chi connectivity index (χ1n) is 10.4. The van der Waals surface area contributed by atoms with E-state index in [1.807, 2.05) is 48.0 Å². The Kier molecular flexibility index (Phi) is 6.09. The van der Waals surface area contributed by atoms with Gasteiger partial charge in [0.05, 0.1) is 23.6 Å². The average Bonchev–Trinajstić information content (AvgIpc) is 3.37. The molecule has 0 saturated carbocycles. The summed E-state index contributed by atoms with van der Waals surface area (Å²) in [6.07, 6.45) is 7.28. The summed E-state index contributed by atoms with van der Waals surface area (Å²) in [4.78, 5) is 19.4. The third kappa shape index (κ3) is 4.52. The van der Waals surface area contributed by atoms with Gasteiger partial charge in [0.15, 0.2) is 5.75 Å². The standard InChI is InChI=1S/C23H27N5O2/c1-3-28-16-18(17(2)26-28)15-27-13-7-10-21(27)23(29)25-20-9-4-5-11-22(20)30-19-8-6-12-24-14-19/h4-6,8-9,11-12,14,16,21H,3,7,10,13,15H2,1-2H3,(H,25,29). The van der Waals surface area contributed by atoms with E-state index >= 15 is 0 Å². The van der Waals surface area contributed by atoms with Gasteiger partial charge in [-0.2, -0.15) is 5.10 Å². The summed E-state index contributed by atoms with van der Waals surface area (Å²) in [6, 6.07) is 11.0. The minimum atomic E-state index is -0.166. The molecular weight excluding hydrogens is 378 g/mol. The van der Waals surface area contributed by atoms with Crippen molar-refractivity contribution in [1.29, 1.82) is 0 Å². The van der Waals surface area contributed by atoms with Crippen LogP contribution >= 0.6 is 0 Å². The molecule has 1 N–H and O–H groups in total. The van der Waals surface area contributed by atoms with E-state index in [9.17, 15) is 4.79 Å². The smallest absolute Gasteiger partial charge is 0.241 e. The normalized spacial score (nSPS) is 16.5. The summed E-state index contributed by atoms with van der Waals surface area (Å²) in [5, 5.41) is 7.60. The van der Waals surface area contributed by atoms with Gasteiger partial charge in [0.1, 0.15) is 5.75 Å². The second-order valence-electron chi connectivity index (χ2n) is 7.50. The molecule has 0 radical (unpaired) electrons. The van der Waals surface area contributed by atoms with E-state index in [2.05, 4.69) is 33.4 Å². The zero-order chi connectivity index (χ0) is 20.9. The number of aromatic nitrogens is 3.